The van der Waals surface area contributed by atoms with Crippen LogP contribution in [0.25, 0.3) is 10.8 Å². The van der Waals surface area contributed by atoms with Crippen molar-refractivity contribution in [2.24, 2.45) is 0 Å². The van der Waals surface area contributed by atoms with Gasteiger partial charge in [0.1, 0.15) is 5.75 Å². The number of H-pyrrole nitrogens is 1. The van der Waals surface area contributed by atoms with Crippen molar-refractivity contribution in [3.63, 3.8) is 0 Å². The summed E-state index contributed by atoms with van der Waals surface area (Å²) in [5.74, 6) is 0.0808. The highest BCUT2D eigenvalue weighted by atomic mass is 16.5. The van der Waals surface area contributed by atoms with Crippen LogP contribution in [-0.4, -0.2) is 24.3 Å². The van der Waals surface area contributed by atoms with Crippen molar-refractivity contribution in [1.29, 1.82) is 0 Å². The summed E-state index contributed by atoms with van der Waals surface area (Å²) >= 11 is 0. The summed E-state index contributed by atoms with van der Waals surface area (Å²) < 4.78 is 10.6. The zero-order chi connectivity index (χ0) is 22.7. The zero-order valence-electron chi connectivity index (χ0n) is 18.5. The van der Waals surface area contributed by atoms with Crippen LogP contribution < -0.4 is 5.56 Å². The van der Waals surface area contributed by atoms with Crippen molar-refractivity contribution in [3.05, 3.63) is 111 Å². The number of phenolic OH excluding ortho intramolecular Hbond substituents is 1. The molecule has 5 nitrogen and oxygen atoms in total. The fourth-order valence-electron chi connectivity index (χ4n) is 4.35. The number of fused-ring (bicyclic) bond motifs is 1. The van der Waals surface area contributed by atoms with Crippen LogP contribution in [0.15, 0.2) is 71.7 Å². The first-order valence-corrected chi connectivity index (χ1v) is 10.5. The predicted molar refractivity (Wildman–Crippen MR) is 126 cm³/mol. The van der Waals surface area contributed by atoms with Gasteiger partial charge in [0.05, 0.1) is 13.2 Å². The normalized spacial score (nSPS) is 12.2. The highest BCUT2D eigenvalue weighted by Crippen LogP contribution is 2.38. The maximum Gasteiger partial charge on any atom is 0.253 e. The van der Waals surface area contributed by atoms with Crippen LogP contribution in [0.5, 0.6) is 5.75 Å². The lowest BCUT2D eigenvalue weighted by molar-refractivity contribution is 0.182. The standard InChI is InChI=1S/C27H27NO4/c1-17-11-19(12-21(15-31-2)26(17)29)25(20-13-22(16-32-3)27(30)28-14-20)24-10-6-8-18-7-4-5-9-23(18)24/h4-14,25,29H,15-16H2,1-3H3,(H,28,30). The summed E-state index contributed by atoms with van der Waals surface area (Å²) in [4.78, 5) is 15.2. The molecule has 3 aromatic carbocycles. The molecule has 32 heavy (non-hydrogen) atoms. The summed E-state index contributed by atoms with van der Waals surface area (Å²) in [6, 6.07) is 20.4. The molecule has 0 radical (unpaired) electrons. The van der Waals surface area contributed by atoms with E-state index in [1.807, 2.05) is 37.3 Å². The second kappa shape index (κ2) is 9.39. The number of benzene rings is 3. The van der Waals surface area contributed by atoms with Gasteiger partial charge in [-0.3, -0.25) is 4.79 Å². The van der Waals surface area contributed by atoms with Crippen LogP contribution in [0.4, 0.5) is 0 Å². The van der Waals surface area contributed by atoms with Crippen molar-refractivity contribution in [2.45, 2.75) is 26.1 Å². The molecule has 164 valence electrons. The average Bonchev–Trinajstić information content (AvgIpc) is 2.80. The number of hydrogen-bond acceptors (Lipinski definition) is 4. The Hall–Kier alpha value is -3.41. The summed E-state index contributed by atoms with van der Waals surface area (Å²) in [5, 5.41) is 12.8. The Kier molecular flexibility index (Phi) is 6.40. The third-order valence-electron chi connectivity index (χ3n) is 5.80. The van der Waals surface area contributed by atoms with Gasteiger partial charge in [0.25, 0.3) is 5.56 Å². The number of methoxy groups -OCH3 is 2. The average molecular weight is 430 g/mol. The van der Waals surface area contributed by atoms with E-state index in [0.29, 0.717) is 12.2 Å². The fourth-order valence-corrected chi connectivity index (χ4v) is 4.35. The molecule has 0 aliphatic carbocycles. The minimum Gasteiger partial charge on any atom is -0.507 e. The Labute approximate surface area is 187 Å². The second-order valence-electron chi connectivity index (χ2n) is 8.00. The number of hydrogen-bond donors (Lipinski definition) is 2. The van der Waals surface area contributed by atoms with Crippen molar-refractivity contribution in [2.75, 3.05) is 14.2 Å². The minimum atomic E-state index is -0.163. The molecule has 0 saturated heterocycles. The molecule has 1 atom stereocenters. The van der Waals surface area contributed by atoms with E-state index in [1.54, 1.807) is 20.4 Å². The second-order valence-corrected chi connectivity index (χ2v) is 8.00. The number of ether oxygens (including phenoxy) is 2. The van der Waals surface area contributed by atoms with Gasteiger partial charge in [-0.05, 0) is 52.1 Å². The molecule has 0 fully saturated rings. The molecule has 5 heteroatoms. The van der Waals surface area contributed by atoms with Gasteiger partial charge in [-0.25, -0.2) is 0 Å². The zero-order valence-corrected chi connectivity index (χ0v) is 18.5. The van der Waals surface area contributed by atoms with Gasteiger partial charge >= 0.3 is 0 Å². The Balaban J connectivity index is 2.00. The molecular weight excluding hydrogens is 402 g/mol. The molecule has 0 saturated carbocycles. The first kappa shape index (κ1) is 21.8. The van der Waals surface area contributed by atoms with Gasteiger partial charge in [-0.15, -0.1) is 0 Å². The van der Waals surface area contributed by atoms with Gasteiger partial charge in [0, 0.05) is 37.5 Å². The van der Waals surface area contributed by atoms with E-state index >= 15 is 0 Å². The number of aryl methyl sites for hydroxylation is 1. The Bertz CT molecular complexity index is 1300. The van der Waals surface area contributed by atoms with Crippen LogP contribution in [0, 0.1) is 6.92 Å². The van der Waals surface area contributed by atoms with Gasteiger partial charge in [0.15, 0.2) is 0 Å². The number of nitrogens with one attached hydrogen (secondary N) is 1. The highest BCUT2D eigenvalue weighted by Gasteiger charge is 2.22. The molecule has 2 N–H and O–H groups in total. The predicted octanol–water partition coefficient (Wildman–Crippen LogP) is 5.02. The van der Waals surface area contributed by atoms with Crippen LogP contribution in [-0.2, 0) is 22.7 Å². The summed E-state index contributed by atoms with van der Waals surface area (Å²) in [6.07, 6.45) is 1.77. The lowest BCUT2D eigenvalue weighted by Crippen LogP contribution is -2.16. The number of aromatic amines is 1. The van der Waals surface area contributed by atoms with Crippen molar-refractivity contribution in [3.8, 4) is 5.75 Å². The smallest absolute Gasteiger partial charge is 0.253 e. The van der Waals surface area contributed by atoms with Crippen LogP contribution in [0.3, 0.4) is 0 Å². The van der Waals surface area contributed by atoms with E-state index in [4.69, 9.17) is 9.47 Å². The van der Waals surface area contributed by atoms with E-state index in [9.17, 15) is 9.90 Å². The van der Waals surface area contributed by atoms with Gasteiger partial charge in [0.2, 0.25) is 0 Å². The third-order valence-corrected chi connectivity index (χ3v) is 5.80. The van der Waals surface area contributed by atoms with E-state index < -0.39 is 0 Å². The molecule has 0 spiro atoms. The van der Waals surface area contributed by atoms with Gasteiger partial charge in [-0.1, -0.05) is 48.5 Å². The van der Waals surface area contributed by atoms with Gasteiger partial charge < -0.3 is 19.6 Å². The molecule has 1 aromatic heterocycles. The number of rotatable bonds is 7. The Morgan fingerprint density at radius 3 is 2.38 bits per heavy atom. The fraction of sp³-hybridized carbons (Fsp3) is 0.222. The van der Waals surface area contributed by atoms with E-state index in [1.165, 1.54) is 0 Å². The maximum atomic E-state index is 12.3. The van der Waals surface area contributed by atoms with Crippen molar-refractivity contribution >= 4 is 10.8 Å². The molecule has 0 aliphatic heterocycles. The summed E-state index contributed by atoms with van der Waals surface area (Å²) in [6.45, 7) is 2.43. The van der Waals surface area contributed by atoms with Crippen LogP contribution in [0.1, 0.15) is 39.3 Å². The Morgan fingerprint density at radius 2 is 1.59 bits per heavy atom. The third kappa shape index (κ3) is 4.17. The number of aromatic nitrogens is 1. The summed E-state index contributed by atoms with van der Waals surface area (Å²) in [7, 11) is 3.19. The van der Waals surface area contributed by atoms with Gasteiger partial charge in [-0.2, -0.15) is 0 Å². The van der Waals surface area contributed by atoms with Crippen molar-refractivity contribution in [1.82, 2.24) is 4.98 Å². The first-order chi connectivity index (χ1) is 15.5. The van der Waals surface area contributed by atoms with E-state index in [2.05, 4.69) is 35.3 Å². The van der Waals surface area contributed by atoms with Crippen molar-refractivity contribution < 1.29 is 14.6 Å². The molecule has 4 rings (SSSR count). The van der Waals surface area contributed by atoms with Crippen LogP contribution >= 0.6 is 0 Å². The first-order valence-electron chi connectivity index (χ1n) is 10.5. The summed E-state index contributed by atoms with van der Waals surface area (Å²) in [5.41, 5.74) is 5.00. The largest absolute Gasteiger partial charge is 0.507 e. The van der Waals surface area contributed by atoms with E-state index in [0.717, 1.165) is 38.6 Å². The van der Waals surface area contributed by atoms with E-state index in [-0.39, 0.29) is 23.8 Å². The minimum absolute atomic E-state index is 0.158. The SMILES string of the molecule is COCc1cc(C(c2c[nH]c(=O)c(COC)c2)c2cccc3ccccc23)cc(C)c1O. The number of phenols is 1. The molecular formula is C27H27NO4. The molecule has 0 bridgehead atoms. The molecule has 1 heterocycles. The van der Waals surface area contributed by atoms with Crippen LogP contribution in [0.2, 0.25) is 0 Å². The topological polar surface area (TPSA) is 71.6 Å². The quantitative estimate of drug-likeness (QED) is 0.433. The Morgan fingerprint density at radius 1 is 0.906 bits per heavy atom. The monoisotopic (exact) mass is 429 g/mol. The lowest BCUT2D eigenvalue weighted by Gasteiger charge is -2.23. The molecule has 0 aliphatic rings. The number of aromatic hydroxyl groups is 1. The number of pyridine rings is 1. The molecule has 1 unspecified atom stereocenters. The molecule has 0 amide bonds. The molecule has 4 aromatic rings. The maximum absolute atomic E-state index is 12.3. The highest BCUT2D eigenvalue weighted by molar-refractivity contribution is 5.87. The lowest BCUT2D eigenvalue weighted by atomic mass is 9.82.